The third kappa shape index (κ3) is 6.01. The van der Waals surface area contributed by atoms with Crippen LogP contribution in [0.3, 0.4) is 0 Å². The van der Waals surface area contributed by atoms with E-state index in [1.54, 1.807) is 0 Å². The van der Waals surface area contributed by atoms with Gasteiger partial charge in [0.15, 0.2) is 0 Å². The van der Waals surface area contributed by atoms with Crippen molar-refractivity contribution in [1.29, 1.82) is 0 Å². The highest BCUT2D eigenvalue weighted by Crippen LogP contribution is 2.28. The van der Waals surface area contributed by atoms with E-state index in [2.05, 4.69) is 19.2 Å². The molecule has 2 nitrogen and oxygen atoms in total. The maximum Gasteiger partial charge on any atom is 0.0238 e. The van der Waals surface area contributed by atoms with Gasteiger partial charge in [-0.2, -0.15) is 0 Å². The Bertz CT molecular complexity index is 220. The summed E-state index contributed by atoms with van der Waals surface area (Å²) in [5.41, 5.74) is 0. The molecule has 1 fully saturated rings. The van der Waals surface area contributed by atoms with Crippen LogP contribution in [0.2, 0.25) is 0 Å². The Morgan fingerprint density at radius 2 is 2.00 bits per heavy atom. The summed E-state index contributed by atoms with van der Waals surface area (Å²) in [7, 11) is -0.564. The lowest BCUT2D eigenvalue weighted by molar-refractivity contribution is 0.393. The average molecular weight is 259 g/mol. The fourth-order valence-electron chi connectivity index (χ4n) is 2.67. The first kappa shape index (κ1) is 15.2. The summed E-state index contributed by atoms with van der Waals surface area (Å²) in [4.78, 5) is 0. The maximum atomic E-state index is 11.8. The van der Waals surface area contributed by atoms with Crippen molar-refractivity contribution in [2.45, 2.75) is 64.8 Å². The van der Waals surface area contributed by atoms with Crippen LogP contribution in [0, 0.1) is 5.92 Å². The predicted molar refractivity (Wildman–Crippen MR) is 76.8 cm³/mol. The molecule has 102 valence electrons. The number of unbranched alkanes of at least 4 members (excludes halogenated alkanes) is 1. The van der Waals surface area contributed by atoms with Gasteiger partial charge in [-0.3, -0.25) is 4.21 Å². The van der Waals surface area contributed by atoms with E-state index in [9.17, 15) is 4.21 Å². The first-order valence-electron chi connectivity index (χ1n) is 7.36. The van der Waals surface area contributed by atoms with Crippen molar-refractivity contribution in [2.75, 3.05) is 18.1 Å². The van der Waals surface area contributed by atoms with Gasteiger partial charge in [-0.05, 0) is 44.6 Å². The molecule has 3 atom stereocenters. The van der Waals surface area contributed by atoms with Gasteiger partial charge in [-0.25, -0.2) is 0 Å². The summed E-state index contributed by atoms with van der Waals surface area (Å²) < 4.78 is 11.8. The van der Waals surface area contributed by atoms with Crippen LogP contribution in [-0.2, 0) is 10.8 Å². The zero-order valence-corrected chi connectivity index (χ0v) is 12.4. The van der Waals surface area contributed by atoms with E-state index in [4.69, 9.17) is 0 Å². The third-order valence-corrected chi connectivity index (χ3v) is 5.19. The van der Waals surface area contributed by atoms with Gasteiger partial charge < -0.3 is 5.32 Å². The van der Waals surface area contributed by atoms with Crippen LogP contribution in [0.5, 0.6) is 0 Å². The Morgan fingerprint density at radius 3 is 2.71 bits per heavy atom. The SMILES string of the molecule is CCCCS(=O)CCC1CCCC1NCCC. The maximum absolute atomic E-state index is 11.8. The van der Waals surface area contributed by atoms with E-state index in [0.29, 0.717) is 6.04 Å². The zero-order chi connectivity index (χ0) is 12.5. The predicted octanol–water partition coefficient (Wildman–Crippen LogP) is 3.09. The minimum absolute atomic E-state index is 0.564. The Morgan fingerprint density at radius 1 is 1.18 bits per heavy atom. The molecule has 1 saturated carbocycles. The summed E-state index contributed by atoms with van der Waals surface area (Å²) in [6.45, 7) is 5.52. The molecule has 17 heavy (non-hydrogen) atoms. The minimum Gasteiger partial charge on any atom is -0.314 e. The minimum atomic E-state index is -0.564. The first-order valence-corrected chi connectivity index (χ1v) is 8.85. The topological polar surface area (TPSA) is 29.1 Å². The summed E-state index contributed by atoms with van der Waals surface area (Å²) in [5.74, 6) is 2.62. The fraction of sp³-hybridized carbons (Fsp3) is 1.00. The van der Waals surface area contributed by atoms with Crippen LogP contribution in [0.15, 0.2) is 0 Å². The van der Waals surface area contributed by atoms with Crippen molar-refractivity contribution in [3.63, 3.8) is 0 Å². The van der Waals surface area contributed by atoms with Crippen molar-refractivity contribution in [2.24, 2.45) is 5.92 Å². The molecule has 0 aromatic carbocycles. The molecular formula is C14H29NOS. The van der Waals surface area contributed by atoms with Gasteiger partial charge in [0, 0.05) is 28.3 Å². The summed E-state index contributed by atoms with van der Waals surface area (Å²) in [6, 6.07) is 0.707. The molecular weight excluding hydrogens is 230 g/mol. The largest absolute Gasteiger partial charge is 0.314 e. The second kappa shape index (κ2) is 9.09. The average Bonchev–Trinajstić information content (AvgIpc) is 2.78. The summed E-state index contributed by atoms with van der Waals surface area (Å²) in [5, 5.41) is 3.65. The van der Waals surface area contributed by atoms with Crippen LogP contribution >= 0.6 is 0 Å². The monoisotopic (exact) mass is 259 g/mol. The molecule has 0 spiro atoms. The normalized spacial score (nSPS) is 26.2. The molecule has 0 aromatic heterocycles. The van der Waals surface area contributed by atoms with Crippen molar-refractivity contribution in [3.05, 3.63) is 0 Å². The second-order valence-corrected chi connectivity index (χ2v) is 6.94. The van der Waals surface area contributed by atoms with Gasteiger partial charge in [-0.15, -0.1) is 0 Å². The van der Waals surface area contributed by atoms with Crippen molar-refractivity contribution < 1.29 is 4.21 Å². The fourth-order valence-corrected chi connectivity index (χ4v) is 4.05. The quantitative estimate of drug-likeness (QED) is 0.689. The lowest BCUT2D eigenvalue weighted by Gasteiger charge is -2.20. The van der Waals surface area contributed by atoms with E-state index < -0.39 is 10.8 Å². The molecule has 0 saturated heterocycles. The molecule has 0 aromatic rings. The van der Waals surface area contributed by atoms with Crippen LogP contribution in [-0.4, -0.2) is 28.3 Å². The lowest BCUT2D eigenvalue weighted by atomic mass is 10.0. The van der Waals surface area contributed by atoms with E-state index in [-0.39, 0.29) is 0 Å². The Balaban J connectivity index is 2.18. The number of rotatable bonds is 9. The van der Waals surface area contributed by atoms with E-state index in [1.165, 1.54) is 25.7 Å². The first-order chi connectivity index (χ1) is 8.27. The van der Waals surface area contributed by atoms with Crippen LogP contribution in [0.4, 0.5) is 0 Å². The molecule has 1 aliphatic carbocycles. The molecule has 3 heteroatoms. The van der Waals surface area contributed by atoms with Gasteiger partial charge >= 0.3 is 0 Å². The number of nitrogens with one attached hydrogen (secondary N) is 1. The standard InChI is InChI=1S/C14H29NOS/c1-3-5-11-17(16)12-9-13-7-6-8-14(13)15-10-4-2/h13-15H,3-12H2,1-2H3. The van der Waals surface area contributed by atoms with Gasteiger partial charge in [-0.1, -0.05) is 26.7 Å². The lowest BCUT2D eigenvalue weighted by Crippen LogP contribution is -2.33. The molecule has 0 bridgehead atoms. The highest BCUT2D eigenvalue weighted by Gasteiger charge is 2.26. The van der Waals surface area contributed by atoms with E-state index >= 15 is 0 Å². The second-order valence-electron chi connectivity index (χ2n) is 5.24. The number of hydrogen-bond acceptors (Lipinski definition) is 2. The van der Waals surface area contributed by atoms with E-state index in [0.717, 1.165) is 43.2 Å². The molecule has 1 aliphatic rings. The highest BCUT2D eigenvalue weighted by molar-refractivity contribution is 7.84. The summed E-state index contributed by atoms with van der Waals surface area (Å²) in [6.07, 6.45) is 8.68. The van der Waals surface area contributed by atoms with Crippen molar-refractivity contribution >= 4 is 10.8 Å². The van der Waals surface area contributed by atoms with Gasteiger partial charge in [0.25, 0.3) is 0 Å². The Hall–Kier alpha value is 0.110. The summed E-state index contributed by atoms with van der Waals surface area (Å²) >= 11 is 0. The Labute approximate surface area is 109 Å². The van der Waals surface area contributed by atoms with Crippen molar-refractivity contribution in [3.8, 4) is 0 Å². The van der Waals surface area contributed by atoms with Crippen LogP contribution < -0.4 is 5.32 Å². The molecule has 1 rings (SSSR count). The van der Waals surface area contributed by atoms with Crippen LogP contribution in [0.1, 0.15) is 58.8 Å². The van der Waals surface area contributed by atoms with Crippen molar-refractivity contribution in [1.82, 2.24) is 5.32 Å². The highest BCUT2D eigenvalue weighted by atomic mass is 32.2. The van der Waals surface area contributed by atoms with Gasteiger partial charge in [0.1, 0.15) is 0 Å². The third-order valence-electron chi connectivity index (χ3n) is 3.76. The number of hydrogen-bond donors (Lipinski definition) is 1. The molecule has 0 radical (unpaired) electrons. The molecule has 0 aliphatic heterocycles. The van der Waals surface area contributed by atoms with Gasteiger partial charge in [0.05, 0.1) is 0 Å². The smallest absolute Gasteiger partial charge is 0.0238 e. The van der Waals surface area contributed by atoms with Gasteiger partial charge in [0.2, 0.25) is 0 Å². The molecule has 1 N–H and O–H groups in total. The Kier molecular flexibility index (Phi) is 8.12. The van der Waals surface area contributed by atoms with E-state index in [1.807, 2.05) is 0 Å². The molecule has 0 heterocycles. The molecule has 3 unspecified atom stereocenters. The zero-order valence-electron chi connectivity index (χ0n) is 11.5. The van der Waals surface area contributed by atoms with Crippen LogP contribution in [0.25, 0.3) is 0 Å². The molecule has 0 amide bonds.